The summed E-state index contributed by atoms with van der Waals surface area (Å²) in [7, 11) is -1.62. The molecule has 0 radical (unpaired) electrons. The summed E-state index contributed by atoms with van der Waals surface area (Å²) < 4.78 is 19.5. The second kappa shape index (κ2) is 18.2. The van der Waals surface area contributed by atoms with Crippen LogP contribution in [0.25, 0.3) is 0 Å². The number of nitrogens with zero attached hydrogens (tertiary/aromatic N) is 5. The highest BCUT2D eigenvalue weighted by atomic mass is 28.4. The van der Waals surface area contributed by atoms with Crippen LogP contribution < -0.4 is 19.9 Å². The van der Waals surface area contributed by atoms with Gasteiger partial charge in [0.15, 0.2) is 13.9 Å². The van der Waals surface area contributed by atoms with Gasteiger partial charge in [0.05, 0.1) is 42.9 Å². The number of hydrogen-bond acceptors (Lipinski definition) is 12. The van der Waals surface area contributed by atoms with E-state index in [2.05, 4.69) is 15.6 Å². The maximum Gasteiger partial charge on any atom is 0.305 e. The number of carbonyl (C=O) groups excluding carboxylic acids is 3. The fraction of sp³-hybridized carbons (Fsp3) is 0.585. The lowest BCUT2D eigenvalue weighted by atomic mass is 9.82. The van der Waals surface area contributed by atoms with E-state index in [9.17, 15) is 24.6 Å². The van der Waals surface area contributed by atoms with Crippen LogP contribution in [-0.2, 0) is 48.8 Å². The molecule has 1 spiro atoms. The summed E-state index contributed by atoms with van der Waals surface area (Å²) in [5.74, 6) is -0.401. The number of aliphatic hydroxyl groups is 2. The minimum Gasteiger partial charge on any atom is -0.494 e. The molecule has 3 aliphatic heterocycles. The number of amides is 2. The third-order valence-corrected chi connectivity index (χ3v) is 14.1. The Morgan fingerprint density at radius 1 is 1.05 bits per heavy atom. The zero-order chi connectivity index (χ0) is 40.9. The molecular formula is C41H58N6O9Si. The number of ether oxygens (including phenoxy) is 3. The van der Waals surface area contributed by atoms with Crippen LogP contribution in [0.2, 0.25) is 18.6 Å². The third-order valence-electron chi connectivity index (χ3n) is 11.6. The van der Waals surface area contributed by atoms with E-state index in [1.807, 2.05) is 63.3 Å². The average molecular weight is 807 g/mol. The number of aryl methyl sites for hydroxylation is 1. The van der Waals surface area contributed by atoms with Crippen LogP contribution in [0, 0.1) is 5.92 Å². The number of aliphatic hydroxyl groups excluding tert-OH is 2. The van der Waals surface area contributed by atoms with Crippen molar-refractivity contribution in [2.75, 3.05) is 49.8 Å². The fourth-order valence-electron chi connectivity index (χ4n) is 8.99. The number of unbranched alkanes of at least 4 members (excludes halogenated alkanes) is 2. The normalized spacial score (nSPS) is 23.0. The predicted octanol–water partition coefficient (Wildman–Crippen LogP) is 3.74. The molecule has 1 saturated heterocycles. The van der Waals surface area contributed by atoms with Crippen molar-refractivity contribution in [1.82, 2.24) is 20.3 Å². The molecule has 0 aliphatic carbocycles. The van der Waals surface area contributed by atoms with Gasteiger partial charge in [-0.25, -0.2) is 0 Å². The molecule has 3 aliphatic rings. The molecule has 0 bridgehead atoms. The number of methoxy groups -OCH3 is 1. The monoisotopic (exact) mass is 806 g/mol. The largest absolute Gasteiger partial charge is 0.494 e. The van der Waals surface area contributed by atoms with Gasteiger partial charge in [0.2, 0.25) is 5.91 Å². The number of rotatable bonds is 19. The molecule has 57 heavy (non-hydrogen) atoms. The van der Waals surface area contributed by atoms with Crippen molar-refractivity contribution in [3.63, 3.8) is 0 Å². The smallest absolute Gasteiger partial charge is 0.305 e. The van der Waals surface area contributed by atoms with Gasteiger partial charge >= 0.3 is 5.97 Å². The third kappa shape index (κ3) is 8.66. The van der Waals surface area contributed by atoms with Gasteiger partial charge in [0, 0.05) is 68.1 Å². The predicted molar refractivity (Wildman–Crippen MR) is 216 cm³/mol. The van der Waals surface area contributed by atoms with Gasteiger partial charge in [-0.15, -0.1) is 5.10 Å². The van der Waals surface area contributed by atoms with Crippen LogP contribution in [0.5, 0.6) is 5.75 Å². The molecule has 6 rings (SSSR count). The second-order valence-corrected chi connectivity index (χ2v) is 19.8. The fourth-order valence-corrected chi connectivity index (χ4v) is 11.6. The van der Waals surface area contributed by atoms with Gasteiger partial charge in [0.1, 0.15) is 5.75 Å². The van der Waals surface area contributed by atoms with Crippen molar-refractivity contribution in [3.05, 3.63) is 59.4 Å². The highest BCUT2D eigenvalue weighted by molar-refractivity contribution is 6.71. The molecule has 310 valence electrons. The first-order chi connectivity index (χ1) is 27.4. The molecule has 4 N–H and O–H groups in total. The quantitative estimate of drug-likeness (QED) is 0.0782. The van der Waals surface area contributed by atoms with Crippen LogP contribution in [0.4, 0.5) is 17.1 Å². The van der Waals surface area contributed by atoms with Crippen LogP contribution >= 0.6 is 0 Å². The van der Waals surface area contributed by atoms with Gasteiger partial charge < -0.3 is 39.4 Å². The van der Waals surface area contributed by atoms with Crippen LogP contribution in [0.15, 0.2) is 42.6 Å². The lowest BCUT2D eigenvalue weighted by Crippen LogP contribution is -2.49. The van der Waals surface area contributed by atoms with Crippen molar-refractivity contribution in [1.29, 1.82) is 0 Å². The summed E-state index contributed by atoms with van der Waals surface area (Å²) in [5, 5.41) is 30.5. The molecule has 1 aromatic heterocycles. The summed E-state index contributed by atoms with van der Waals surface area (Å²) in [5.41, 5.74) is 2.44. The Morgan fingerprint density at radius 3 is 2.56 bits per heavy atom. The van der Waals surface area contributed by atoms with Gasteiger partial charge in [-0.1, -0.05) is 12.1 Å². The van der Waals surface area contributed by atoms with E-state index in [1.165, 1.54) is 7.11 Å². The van der Waals surface area contributed by atoms with Crippen LogP contribution in [-0.4, -0.2) is 108 Å². The molecular weight excluding hydrogens is 749 g/mol. The first-order valence-electron chi connectivity index (χ1n) is 20.2. The van der Waals surface area contributed by atoms with Gasteiger partial charge in [-0.2, -0.15) is 0 Å². The van der Waals surface area contributed by atoms with E-state index in [1.54, 1.807) is 20.7 Å². The van der Waals surface area contributed by atoms with Gasteiger partial charge in [-0.3, -0.25) is 24.0 Å². The zero-order valence-corrected chi connectivity index (χ0v) is 34.8. The minimum absolute atomic E-state index is 0.0374. The number of nitrogens with one attached hydrogen (secondary N) is 1. The first kappa shape index (κ1) is 42.4. The molecule has 4 heterocycles. The van der Waals surface area contributed by atoms with Gasteiger partial charge in [0.25, 0.3) is 5.91 Å². The average Bonchev–Trinajstić information content (AvgIpc) is 3.83. The Labute approximate surface area is 335 Å². The highest BCUT2D eigenvalue weighted by Gasteiger charge is 2.66. The number of esters is 1. The summed E-state index contributed by atoms with van der Waals surface area (Å²) in [6.07, 6.45) is 5.25. The summed E-state index contributed by atoms with van der Waals surface area (Å²) >= 11 is 0. The number of carbonyl (C=O) groups is 3. The Bertz CT molecular complexity index is 1900. The zero-order valence-electron chi connectivity index (χ0n) is 33.8. The van der Waals surface area contributed by atoms with E-state index in [-0.39, 0.29) is 43.0 Å². The molecule has 15 nitrogen and oxygen atoms in total. The lowest BCUT2D eigenvalue weighted by Gasteiger charge is -2.36. The minimum atomic E-state index is -2.98. The van der Waals surface area contributed by atoms with E-state index >= 15 is 4.79 Å². The Morgan fingerprint density at radius 2 is 1.84 bits per heavy atom. The van der Waals surface area contributed by atoms with Crippen molar-refractivity contribution < 1.29 is 43.6 Å². The van der Waals surface area contributed by atoms with Crippen molar-refractivity contribution in [2.45, 2.75) is 108 Å². The molecule has 2 amide bonds. The first-order valence-corrected chi connectivity index (χ1v) is 23.3. The molecule has 5 atom stereocenters. The molecule has 0 saturated carbocycles. The van der Waals surface area contributed by atoms with Gasteiger partial charge in [-0.05, 0) is 107 Å². The SMILES string of the molecule is CCOc1ccc2c(c1)CC(NCCCCO)C(=O)N2c1ccc2c(c1)[C@@]1(O[C@H](CCn3cc(CCO)nn3)[C@@H]([Si](C)(C)O)[C@@H]1C)C(=O)N2CCCCC(=O)OC. The summed E-state index contributed by atoms with van der Waals surface area (Å²) in [6.45, 7) is 9.55. The van der Waals surface area contributed by atoms with Crippen molar-refractivity contribution >= 4 is 43.2 Å². The molecule has 16 heteroatoms. The maximum atomic E-state index is 15.1. The summed E-state index contributed by atoms with van der Waals surface area (Å²) in [4.78, 5) is 56.8. The molecule has 2 aromatic carbocycles. The Kier molecular flexibility index (Phi) is 13.5. The molecule has 1 fully saturated rings. The van der Waals surface area contributed by atoms with E-state index in [0.29, 0.717) is 99.6 Å². The van der Waals surface area contributed by atoms with Crippen molar-refractivity contribution in [3.8, 4) is 5.75 Å². The number of aromatic nitrogens is 3. The number of anilines is 3. The maximum absolute atomic E-state index is 15.1. The molecule has 1 unspecified atom stereocenters. The van der Waals surface area contributed by atoms with Crippen LogP contribution in [0.3, 0.4) is 0 Å². The van der Waals surface area contributed by atoms with Crippen molar-refractivity contribution in [2.24, 2.45) is 5.92 Å². The topological polar surface area (TPSA) is 189 Å². The standard InChI is InChI=1S/C41H58N6O9Si/c1-6-55-31-13-15-34-28(23-31)24-33(42-18-8-10-21-48)39(51)47(34)30-12-14-35-32(25-30)41(40(52)46(35)19-9-7-11-37(50)54-3)27(2)38(57(4,5)53)36(56-41)16-20-45-26-29(17-22-49)43-44-45/h12-15,23,25-27,33,36,38,42,48-49,53H,6-11,16-22,24H2,1-5H3/t27-,33?,36+,38-,41+/m0/s1. The van der Waals surface area contributed by atoms with E-state index in [0.717, 1.165) is 11.3 Å². The number of fused-ring (bicyclic) bond motifs is 3. The van der Waals surface area contributed by atoms with E-state index < -0.39 is 32.0 Å². The lowest BCUT2D eigenvalue weighted by molar-refractivity contribution is -0.146. The summed E-state index contributed by atoms with van der Waals surface area (Å²) in [6, 6.07) is 10.9. The Balaban J connectivity index is 1.41. The molecule has 3 aromatic rings. The second-order valence-electron chi connectivity index (χ2n) is 15.8. The van der Waals surface area contributed by atoms with Crippen LogP contribution in [0.1, 0.15) is 69.2 Å². The van der Waals surface area contributed by atoms with E-state index in [4.69, 9.17) is 14.2 Å². The number of hydrogen-bond donors (Lipinski definition) is 4. The highest BCUT2D eigenvalue weighted by Crippen LogP contribution is 2.60. The Hall–Kier alpha value is -4.19. The number of benzene rings is 2.